The van der Waals surface area contributed by atoms with Gasteiger partial charge in [-0.2, -0.15) is 0 Å². The van der Waals surface area contributed by atoms with E-state index in [1.807, 2.05) is 6.92 Å². The van der Waals surface area contributed by atoms with Gasteiger partial charge in [-0.25, -0.2) is 0 Å². The molecule has 0 aromatic carbocycles. The molecular weight excluding hydrogens is 132 g/mol. The molecular formula is C7H12O3. The number of allylic oxidation sites excluding steroid dienone is 1. The second-order valence-corrected chi connectivity index (χ2v) is 1.98. The zero-order chi connectivity index (χ0) is 7.98. The summed E-state index contributed by atoms with van der Waals surface area (Å²) in [5.41, 5.74) is 0.0434. The molecule has 0 saturated carbocycles. The van der Waals surface area contributed by atoms with Crippen LogP contribution in [-0.2, 0) is 4.79 Å². The van der Waals surface area contributed by atoms with Gasteiger partial charge in [0.2, 0.25) is 0 Å². The number of hydrogen-bond acceptors (Lipinski definition) is 3. The van der Waals surface area contributed by atoms with Crippen molar-refractivity contribution >= 4 is 6.29 Å². The molecule has 58 valence electrons. The molecule has 0 radical (unpaired) electrons. The first-order valence-corrected chi connectivity index (χ1v) is 3.23. The number of aldehydes is 1. The topological polar surface area (TPSA) is 57.5 Å². The lowest BCUT2D eigenvalue weighted by atomic mass is 10.2. The highest BCUT2D eigenvalue weighted by Gasteiger charge is 2.02. The van der Waals surface area contributed by atoms with Gasteiger partial charge in [0.15, 0.2) is 12.6 Å². The van der Waals surface area contributed by atoms with E-state index in [0.29, 0.717) is 12.7 Å². The predicted molar refractivity (Wildman–Crippen MR) is 37.3 cm³/mol. The normalized spacial score (nSPS) is 12.2. The van der Waals surface area contributed by atoms with Crippen molar-refractivity contribution in [1.29, 1.82) is 0 Å². The maximum absolute atomic E-state index is 10.1. The Morgan fingerprint density at radius 1 is 1.60 bits per heavy atom. The second kappa shape index (κ2) is 5.14. The molecule has 3 heteroatoms. The molecule has 10 heavy (non-hydrogen) atoms. The van der Waals surface area contributed by atoms with Gasteiger partial charge in [0.1, 0.15) is 0 Å². The van der Waals surface area contributed by atoms with Crippen molar-refractivity contribution in [3.05, 3.63) is 11.6 Å². The lowest BCUT2D eigenvalue weighted by molar-refractivity contribution is -0.108. The smallest absolute Gasteiger partial charge is 0.181 e. The van der Waals surface area contributed by atoms with Gasteiger partial charge in [-0.05, 0) is 6.42 Å². The van der Waals surface area contributed by atoms with Crippen LogP contribution in [0.5, 0.6) is 0 Å². The van der Waals surface area contributed by atoms with E-state index in [2.05, 4.69) is 0 Å². The van der Waals surface area contributed by atoms with E-state index in [4.69, 9.17) is 10.2 Å². The van der Waals surface area contributed by atoms with Crippen LogP contribution in [0.2, 0.25) is 0 Å². The molecule has 0 aromatic heterocycles. The highest BCUT2D eigenvalue weighted by Crippen LogP contribution is 1.99. The van der Waals surface area contributed by atoms with Crippen molar-refractivity contribution in [1.82, 2.24) is 0 Å². The molecule has 0 amide bonds. The van der Waals surface area contributed by atoms with E-state index in [0.717, 1.165) is 6.42 Å². The van der Waals surface area contributed by atoms with Crippen molar-refractivity contribution in [3.8, 4) is 0 Å². The van der Waals surface area contributed by atoms with Gasteiger partial charge in [0.25, 0.3) is 0 Å². The maximum Gasteiger partial charge on any atom is 0.181 e. The van der Waals surface area contributed by atoms with Crippen LogP contribution in [0, 0.1) is 0 Å². The largest absolute Gasteiger partial charge is 0.364 e. The van der Waals surface area contributed by atoms with E-state index in [1.165, 1.54) is 6.08 Å². The molecule has 0 unspecified atom stereocenters. The van der Waals surface area contributed by atoms with Crippen LogP contribution < -0.4 is 0 Å². The summed E-state index contributed by atoms with van der Waals surface area (Å²) in [5.74, 6) is 0. The van der Waals surface area contributed by atoms with Crippen molar-refractivity contribution in [2.45, 2.75) is 26.1 Å². The predicted octanol–water partition coefficient (Wildman–Crippen LogP) is 0.223. The Bertz CT molecular complexity index is 127. The fourth-order valence-electron chi connectivity index (χ4n) is 0.525. The Hall–Kier alpha value is -0.670. The van der Waals surface area contributed by atoms with E-state index >= 15 is 0 Å². The number of aliphatic hydroxyl groups is 2. The van der Waals surface area contributed by atoms with Gasteiger partial charge in [0, 0.05) is 5.57 Å². The standard InChI is InChI=1S/C7H12O3/c1-2-3-4-6(5-8)7(9)10/h4-5,7,9-10H,2-3H2,1H3. The summed E-state index contributed by atoms with van der Waals surface area (Å²) in [4.78, 5) is 10.1. The van der Waals surface area contributed by atoms with E-state index in [-0.39, 0.29) is 5.57 Å². The SMILES string of the molecule is CCCC=C(C=O)C(O)O. The first-order chi connectivity index (χ1) is 4.72. The zero-order valence-corrected chi connectivity index (χ0v) is 5.95. The molecule has 0 fully saturated rings. The second-order valence-electron chi connectivity index (χ2n) is 1.98. The summed E-state index contributed by atoms with van der Waals surface area (Å²) in [6.45, 7) is 1.95. The molecule has 0 bridgehead atoms. The van der Waals surface area contributed by atoms with Gasteiger partial charge < -0.3 is 10.2 Å². The highest BCUT2D eigenvalue weighted by molar-refractivity contribution is 5.73. The van der Waals surface area contributed by atoms with Crippen LogP contribution in [0.4, 0.5) is 0 Å². The van der Waals surface area contributed by atoms with Crippen LogP contribution >= 0.6 is 0 Å². The zero-order valence-electron chi connectivity index (χ0n) is 5.95. The Morgan fingerprint density at radius 2 is 2.20 bits per heavy atom. The van der Waals surface area contributed by atoms with E-state index in [9.17, 15) is 4.79 Å². The van der Waals surface area contributed by atoms with Crippen LogP contribution in [0.15, 0.2) is 11.6 Å². The maximum atomic E-state index is 10.1. The quantitative estimate of drug-likeness (QED) is 0.337. The van der Waals surface area contributed by atoms with Crippen molar-refractivity contribution < 1.29 is 15.0 Å². The minimum absolute atomic E-state index is 0.0434. The summed E-state index contributed by atoms with van der Waals surface area (Å²) in [5, 5.41) is 17.0. The first-order valence-electron chi connectivity index (χ1n) is 3.23. The van der Waals surface area contributed by atoms with Gasteiger partial charge in [0.05, 0.1) is 0 Å². The van der Waals surface area contributed by atoms with Crippen molar-refractivity contribution in [2.75, 3.05) is 0 Å². The Balaban J connectivity index is 3.91. The molecule has 3 nitrogen and oxygen atoms in total. The molecule has 0 aliphatic carbocycles. The lowest BCUT2D eigenvalue weighted by Gasteiger charge is -1.99. The van der Waals surface area contributed by atoms with Crippen LogP contribution in [-0.4, -0.2) is 22.8 Å². The molecule has 0 spiro atoms. The average Bonchev–Trinajstić information content (AvgIpc) is 1.89. The lowest BCUT2D eigenvalue weighted by Crippen LogP contribution is -2.09. The molecule has 0 aliphatic heterocycles. The summed E-state index contributed by atoms with van der Waals surface area (Å²) >= 11 is 0. The van der Waals surface area contributed by atoms with Gasteiger partial charge in [-0.1, -0.05) is 19.4 Å². The van der Waals surface area contributed by atoms with E-state index < -0.39 is 6.29 Å². The van der Waals surface area contributed by atoms with Crippen LogP contribution in [0.3, 0.4) is 0 Å². The number of rotatable bonds is 4. The van der Waals surface area contributed by atoms with Gasteiger partial charge in [-0.15, -0.1) is 0 Å². The van der Waals surface area contributed by atoms with Gasteiger partial charge in [-0.3, -0.25) is 4.79 Å². The molecule has 0 saturated heterocycles. The number of hydrogen-bond donors (Lipinski definition) is 2. The number of unbranched alkanes of at least 4 members (excludes halogenated alkanes) is 1. The van der Waals surface area contributed by atoms with Crippen LogP contribution in [0.25, 0.3) is 0 Å². The fourth-order valence-corrected chi connectivity index (χ4v) is 0.525. The summed E-state index contributed by atoms with van der Waals surface area (Å²) in [6, 6.07) is 0. The first kappa shape index (κ1) is 9.33. The molecule has 2 N–H and O–H groups in total. The summed E-state index contributed by atoms with van der Waals surface area (Å²) < 4.78 is 0. The molecule has 0 aliphatic rings. The van der Waals surface area contributed by atoms with Crippen LogP contribution in [0.1, 0.15) is 19.8 Å². The third-order valence-electron chi connectivity index (χ3n) is 1.10. The minimum atomic E-state index is -1.62. The molecule has 0 atom stereocenters. The van der Waals surface area contributed by atoms with E-state index in [1.54, 1.807) is 0 Å². The number of carbonyl (C=O) groups excluding carboxylic acids is 1. The number of aliphatic hydroxyl groups excluding tert-OH is 1. The summed E-state index contributed by atoms with van der Waals surface area (Å²) in [6.07, 6.45) is 1.96. The summed E-state index contributed by atoms with van der Waals surface area (Å²) in [7, 11) is 0. The molecule has 0 rings (SSSR count). The molecule has 0 aromatic rings. The average molecular weight is 144 g/mol. The molecule has 0 heterocycles. The van der Waals surface area contributed by atoms with Crippen molar-refractivity contribution in [3.63, 3.8) is 0 Å². The number of carbonyl (C=O) groups is 1. The Morgan fingerprint density at radius 3 is 2.50 bits per heavy atom. The van der Waals surface area contributed by atoms with Crippen molar-refractivity contribution in [2.24, 2.45) is 0 Å². The monoisotopic (exact) mass is 144 g/mol. The highest BCUT2D eigenvalue weighted by atomic mass is 16.5. The van der Waals surface area contributed by atoms with Gasteiger partial charge >= 0.3 is 0 Å². The third kappa shape index (κ3) is 3.37. The Kier molecular flexibility index (Phi) is 4.80. The third-order valence-corrected chi connectivity index (χ3v) is 1.10. The minimum Gasteiger partial charge on any atom is -0.364 e. The Labute approximate surface area is 60.0 Å². The fraction of sp³-hybridized carbons (Fsp3) is 0.571.